The van der Waals surface area contributed by atoms with Crippen LogP contribution in [0.4, 0.5) is 0 Å². The summed E-state index contributed by atoms with van der Waals surface area (Å²) in [4.78, 5) is 0. The molecule has 0 saturated carbocycles. The van der Waals surface area contributed by atoms with E-state index in [4.69, 9.17) is 15.0 Å². The Morgan fingerprint density at radius 2 is 0.700 bits per heavy atom. The van der Waals surface area contributed by atoms with Crippen LogP contribution in [0.5, 0.6) is 0 Å². The molecule has 0 fully saturated rings. The molecule has 0 saturated heterocycles. The average molecular weight is 322 g/mol. The van der Waals surface area contributed by atoms with Crippen molar-refractivity contribution in [2.75, 3.05) is 0 Å². The molecule has 0 bridgehead atoms. The normalized spacial score (nSPS) is 12.1. The predicted octanol–water partition coefficient (Wildman–Crippen LogP) is 3.17. The molecule has 103 valence electrons. The Kier molecular flexibility index (Phi) is 4.01. The first-order chi connectivity index (χ1) is 9.82. The summed E-state index contributed by atoms with van der Waals surface area (Å²) in [7, 11) is 0. The maximum absolute atomic E-state index is 5.86. The van der Waals surface area contributed by atoms with Gasteiger partial charge < -0.3 is 0 Å². The van der Waals surface area contributed by atoms with Crippen LogP contribution in [0.25, 0.3) is 0 Å². The molecule has 0 aromatic heterocycles. The van der Waals surface area contributed by atoms with Crippen LogP contribution in [0, 0.1) is 0 Å². The van der Waals surface area contributed by atoms with Gasteiger partial charge >= 0.3 is 128 Å². The van der Waals surface area contributed by atoms with Gasteiger partial charge in [-0.05, 0) is 0 Å². The predicted molar refractivity (Wildman–Crippen MR) is 86.5 cm³/mol. The van der Waals surface area contributed by atoms with E-state index in [0.717, 1.165) is 0 Å². The van der Waals surface area contributed by atoms with Crippen molar-refractivity contribution in [3.8, 4) is 0 Å². The molecule has 3 rings (SSSR count). The van der Waals surface area contributed by atoms with Crippen molar-refractivity contribution in [2.45, 2.75) is 0 Å². The second kappa shape index (κ2) is 5.92. The van der Waals surface area contributed by atoms with Crippen LogP contribution in [0.2, 0.25) is 0 Å². The minimum absolute atomic E-state index is 1.29. The molecular formula is C18H16NiP. The Hall–Kier alpha value is -1.42. The SMILES string of the molecule is [Ni][PH](c1ccccc1)(c1ccccc1)c1ccccc1. The monoisotopic (exact) mass is 321 g/mol. The Morgan fingerprint density at radius 3 is 0.950 bits per heavy atom. The van der Waals surface area contributed by atoms with Crippen molar-refractivity contribution in [1.29, 1.82) is 0 Å². The molecule has 0 spiro atoms. The Labute approximate surface area is 128 Å². The zero-order valence-corrected chi connectivity index (χ0v) is 13.0. The van der Waals surface area contributed by atoms with Crippen LogP contribution in [0.3, 0.4) is 0 Å². The number of benzene rings is 3. The number of hydrogen-bond acceptors (Lipinski definition) is 0. The quantitative estimate of drug-likeness (QED) is 0.513. The fraction of sp³-hybridized carbons (Fsp3) is 0. The van der Waals surface area contributed by atoms with Gasteiger partial charge in [-0.15, -0.1) is 0 Å². The summed E-state index contributed by atoms with van der Waals surface area (Å²) >= 11 is 5.86. The molecule has 3 aromatic carbocycles. The van der Waals surface area contributed by atoms with E-state index in [9.17, 15) is 0 Å². The fourth-order valence-corrected chi connectivity index (χ4v) is 6.85. The molecule has 20 heavy (non-hydrogen) atoms. The first kappa shape index (κ1) is 13.6. The van der Waals surface area contributed by atoms with Gasteiger partial charge in [0, 0.05) is 0 Å². The molecule has 0 atom stereocenters. The van der Waals surface area contributed by atoms with Gasteiger partial charge in [0.05, 0.1) is 0 Å². The van der Waals surface area contributed by atoms with Gasteiger partial charge in [-0.3, -0.25) is 0 Å². The zero-order valence-electron chi connectivity index (χ0n) is 11.0. The van der Waals surface area contributed by atoms with Gasteiger partial charge in [0.15, 0.2) is 0 Å². The van der Waals surface area contributed by atoms with Crippen molar-refractivity contribution in [1.82, 2.24) is 0 Å². The molecule has 0 nitrogen and oxygen atoms in total. The molecule has 3 aromatic rings. The van der Waals surface area contributed by atoms with Crippen molar-refractivity contribution >= 4 is 22.0 Å². The third kappa shape index (κ3) is 2.45. The van der Waals surface area contributed by atoms with Crippen molar-refractivity contribution in [2.24, 2.45) is 0 Å². The van der Waals surface area contributed by atoms with E-state index < -0.39 is 6.04 Å². The van der Waals surface area contributed by atoms with Crippen LogP contribution >= 0.6 is 6.04 Å². The van der Waals surface area contributed by atoms with E-state index in [1.165, 1.54) is 15.9 Å². The topological polar surface area (TPSA) is 0 Å². The van der Waals surface area contributed by atoms with Gasteiger partial charge in [0.1, 0.15) is 0 Å². The second-order valence-corrected chi connectivity index (χ2v) is 9.89. The van der Waals surface area contributed by atoms with Gasteiger partial charge in [0.2, 0.25) is 0 Å². The molecule has 0 aliphatic carbocycles. The third-order valence-corrected chi connectivity index (χ3v) is 9.31. The first-order valence-electron chi connectivity index (χ1n) is 6.64. The van der Waals surface area contributed by atoms with E-state index in [1.807, 2.05) is 18.2 Å². The van der Waals surface area contributed by atoms with Gasteiger partial charge in [-0.25, -0.2) is 0 Å². The molecule has 2 heteroatoms. The third-order valence-electron chi connectivity index (χ3n) is 3.46. The van der Waals surface area contributed by atoms with Crippen molar-refractivity contribution < 1.29 is 15.0 Å². The fourth-order valence-electron chi connectivity index (χ4n) is 2.47. The summed E-state index contributed by atoms with van der Waals surface area (Å²) in [6, 6.07) is 29.5. The molecule has 0 amide bonds. The van der Waals surface area contributed by atoms with Gasteiger partial charge in [0.25, 0.3) is 0 Å². The van der Waals surface area contributed by atoms with E-state index in [-0.39, 0.29) is 0 Å². The van der Waals surface area contributed by atoms with Crippen LogP contribution in [-0.2, 0) is 15.0 Å². The molecule has 0 heterocycles. The summed E-state index contributed by atoms with van der Waals surface area (Å²) in [5.41, 5.74) is 0. The molecular weight excluding hydrogens is 306 g/mol. The van der Waals surface area contributed by atoms with E-state index in [0.29, 0.717) is 0 Å². The summed E-state index contributed by atoms with van der Waals surface area (Å²) in [5, 5.41) is 3.87. The standard InChI is InChI=1S/C18H15P.Ni/c1-4-10-16(11-5-1)19(17-12-6-2-7-13-17)18-14-8-3-9-15-18;/h1-15H;/q;-1/p+1. The summed E-state index contributed by atoms with van der Waals surface area (Å²) in [5.74, 6) is 0. The molecule has 0 unspecified atom stereocenters. The van der Waals surface area contributed by atoms with E-state index >= 15 is 0 Å². The second-order valence-electron chi connectivity index (χ2n) is 4.71. The molecule has 0 N–H and O–H groups in total. The number of rotatable bonds is 3. The molecule has 0 aliphatic heterocycles. The summed E-state index contributed by atoms with van der Waals surface area (Å²) in [6.45, 7) is 0. The molecule has 0 radical (unpaired) electrons. The van der Waals surface area contributed by atoms with Crippen molar-refractivity contribution in [3.05, 3.63) is 91.0 Å². The van der Waals surface area contributed by atoms with E-state index in [1.54, 1.807) is 0 Å². The van der Waals surface area contributed by atoms with Crippen LogP contribution < -0.4 is 15.9 Å². The van der Waals surface area contributed by atoms with Crippen LogP contribution in [-0.4, -0.2) is 0 Å². The Bertz CT molecular complexity index is 569. The Morgan fingerprint density at radius 1 is 0.450 bits per heavy atom. The average Bonchev–Trinajstić information content (AvgIpc) is 2.56. The Balaban J connectivity index is 2.24. The van der Waals surface area contributed by atoms with Crippen LogP contribution in [0.1, 0.15) is 0 Å². The zero-order chi connectivity index (χ0) is 13.8. The summed E-state index contributed by atoms with van der Waals surface area (Å²) in [6.07, 6.45) is 0. The maximum atomic E-state index is 5.86. The van der Waals surface area contributed by atoms with E-state index in [2.05, 4.69) is 72.8 Å². The first-order valence-corrected chi connectivity index (χ1v) is 9.94. The molecule has 0 aliphatic rings. The van der Waals surface area contributed by atoms with Gasteiger partial charge in [-0.1, -0.05) is 0 Å². The van der Waals surface area contributed by atoms with Crippen molar-refractivity contribution in [3.63, 3.8) is 0 Å². The van der Waals surface area contributed by atoms with Gasteiger partial charge in [-0.2, -0.15) is 0 Å². The van der Waals surface area contributed by atoms with Crippen LogP contribution in [0.15, 0.2) is 91.0 Å². The minimum atomic E-state index is -2.25. The number of hydrogen-bond donors (Lipinski definition) is 0. The summed E-state index contributed by atoms with van der Waals surface area (Å²) < 4.78 is 0.